The molecule has 136 valence electrons. The van der Waals surface area contributed by atoms with Gasteiger partial charge in [0.1, 0.15) is 0 Å². The highest BCUT2D eigenvalue weighted by atomic mass is 19.4. The summed E-state index contributed by atoms with van der Waals surface area (Å²) in [5, 5.41) is 10.1. The Kier molecular flexibility index (Phi) is 5.46. The molecule has 0 saturated carbocycles. The first-order valence-electron chi connectivity index (χ1n) is 7.85. The standard InChI is InChI=1S/C16H20F3N5O/c1-3-15(20,4-2)10-21-14(25)13-9-24(23-22-13)12-7-5-6-11(8-12)16(17,18)19/h5-9H,3-4,10,20H2,1-2H3,(H,21,25). The zero-order chi connectivity index (χ0) is 18.7. The maximum Gasteiger partial charge on any atom is 0.416 e. The summed E-state index contributed by atoms with van der Waals surface area (Å²) in [6, 6.07) is 4.62. The van der Waals surface area contributed by atoms with Crippen LogP contribution in [0.4, 0.5) is 13.2 Å². The molecule has 0 spiro atoms. The van der Waals surface area contributed by atoms with E-state index in [1.807, 2.05) is 13.8 Å². The second-order valence-corrected chi connectivity index (χ2v) is 5.85. The van der Waals surface area contributed by atoms with Gasteiger partial charge in [0.2, 0.25) is 0 Å². The summed E-state index contributed by atoms with van der Waals surface area (Å²) in [5.74, 6) is -0.477. The summed E-state index contributed by atoms with van der Waals surface area (Å²) in [6.07, 6.45) is -1.79. The normalized spacial score (nSPS) is 12.2. The monoisotopic (exact) mass is 355 g/mol. The van der Waals surface area contributed by atoms with Crippen LogP contribution in [0.5, 0.6) is 0 Å². The average Bonchev–Trinajstić information content (AvgIpc) is 3.09. The maximum absolute atomic E-state index is 12.8. The van der Waals surface area contributed by atoms with Crippen LogP contribution < -0.4 is 11.1 Å². The molecule has 1 heterocycles. The lowest BCUT2D eigenvalue weighted by molar-refractivity contribution is -0.137. The molecule has 1 amide bonds. The summed E-state index contributed by atoms with van der Waals surface area (Å²) >= 11 is 0. The highest BCUT2D eigenvalue weighted by Gasteiger charge is 2.30. The van der Waals surface area contributed by atoms with Crippen LogP contribution in [0.2, 0.25) is 0 Å². The van der Waals surface area contributed by atoms with Crippen molar-refractivity contribution >= 4 is 5.91 Å². The molecule has 6 nitrogen and oxygen atoms in total. The van der Waals surface area contributed by atoms with Gasteiger partial charge in [-0.3, -0.25) is 4.79 Å². The van der Waals surface area contributed by atoms with Crippen molar-refractivity contribution in [3.05, 3.63) is 41.7 Å². The third kappa shape index (κ3) is 4.56. The molecule has 2 rings (SSSR count). The molecule has 1 aromatic carbocycles. The van der Waals surface area contributed by atoms with E-state index < -0.39 is 23.2 Å². The molecule has 0 fully saturated rings. The van der Waals surface area contributed by atoms with Crippen LogP contribution >= 0.6 is 0 Å². The predicted octanol–water partition coefficient (Wildman–Crippen LogP) is 2.53. The van der Waals surface area contributed by atoms with Gasteiger partial charge in [-0.25, -0.2) is 4.68 Å². The second kappa shape index (κ2) is 7.22. The zero-order valence-corrected chi connectivity index (χ0v) is 14.0. The fourth-order valence-electron chi connectivity index (χ4n) is 2.17. The number of hydrogen-bond donors (Lipinski definition) is 2. The molecule has 0 aliphatic heterocycles. The molecule has 0 atom stereocenters. The summed E-state index contributed by atoms with van der Waals surface area (Å²) in [7, 11) is 0. The van der Waals surface area contributed by atoms with Gasteiger partial charge in [-0.1, -0.05) is 25.1 Å². The highest BCUT2D eigenvalue weighted by molar-refractivity contribution is 5.91. The number of rotatable bonds is 6. The van der Waals surface area contributed by atoms with Crippen LogP contribution in [0, 0.1) is 0 Å². The van der Waals surface area contributed by atoms with Crippen molar-refractivity contribution in [2.24, 2.45) is 5.73 Å². The Morgan fingerprint density at radius 1 is 1.28 bits per heavy atom. The van der Waals surface area contributed by atoms with Gasteiger partial charge in [0.15, 0.2) is 5.69 Å². The van der Waals surface area contributed by atoms with E-state index in [1.165, 1.54) is 18.3 Å². The Morgan fingerprint density at radius 2 is 1.96 bits per heavy atom. The van der Waals surface area contributed by atoms with E-state index in [2.05, 4.69) is 15.6 Å². The van der Waals surface area contributed by atoms with E-state index in [0.29, 0.717) is 12.8 Å². The zero-order valence-electron chi connectivity index (χ0n) is 14.0. The molecular weight excluding hydrogens is 335 g/mol. The van der Waals surface area contributed by atoms with E-state index in [-0.39, 0.29) is 17.9 Å². The Bertz CT molecular complexity index is 737. The largest absolute Gasteiger partial charge is 0.416 e. The lowest BCUT2D eigenvalue weighted by atomic mass is 9.94. The molecule has 0 unspecified atom stereocenters. The first-order chi connectivity index (χ1) is 11.7. The number of carbonyl (C=O) groups excluding carboxylic acids is 1. The van der Waals surface area contributed by atoms with Gasteiger partial charge in [0.05, 0.1) is 17.4 Å². The minimum atomic E-state index is -4.46. The number of amides is 1. The van der Waals surface area contributed by atoms with E-state index in [1.54, 1.807) is 0 Å². The van der Waals surface area contributed by atoms with Crippen LogP contribution in [0.15, 0.2) is 30.5 Å². The molecule has 0 bridgehead atoms. The van der Waals surface area contributed by atoms with Crippen LogP contribution in [-0.4, -0.2) is 33.0 Å². The number of nitrogens with two attached hydrogens (primary N) is 1. The highest BCUT2D eigenvalue weighted by Crippen LogP contribution is 2.30. The summed E-state index contributed by atoms with van der Waals surface area (Å²) in [4.78, 5) is 12.1. The van der Waals surface area contributed by atoms with Crippen LogP contribution in [0.1, 0.15) is 42.7 Å². The minimum absolute atomic E-state index is 0.00645. The van der Waals surface area contributed by atoms with E-state index in [9.17, 15) is 18.0 Å². The molecule has 0 aliphatic rings. The fourth-order valence-corrected chi connectivity index (χ4v) is 2.17. The first kappa shape index (κ1) is 18.9. The van der Waals surface area contributed by atoms with Crippen molar-refractivity contribution in [2.45, 2.75) is 38.4 Å². The minimum Gasteiger partial charge on any atom is -0.349 e. The molecule has 3 N–H and O–H groups in total. The van der Waals surface area contributed by atoms with Crippen molar-refractivity contribution in [3.8, 4) is 5.69 Å². The molecule has 1 aromatic heterocycles. The Balaban J connectivity index is 2.13. The number of halogens is 3. The molecule has 2 aromatic rings. The van der Waals surface area contributed by atoms with E-state index >= 15 is 0 Å². The predicted molar refractivity (Wildman–Crippen MR) is 86.2 cm³/mol. The first-order valence-corrected chi connectivity index (χ1v) is 7.85. The topological polar surface area (TPSA) is 85.8 Å². The number of hydrogen-bond acceptors (Lipinski definition) is 4. The summed E-state index contributed by atoms with van der Waals surface area (Å²) in [5.41, 5.74) is 4.98. The number of aromatic nitrogens is 3. The molecule has 0 aliphatic carbocycles. The van der Waals surface area contributed by atoms with Gasteiger partial charge in [-0.05, 0) is 31.0 Å². The third-order valence-electron chi connectivity index (χ3n) is 4.17. The van der Waals surface area contributed by atoms with Crippen molar-refractivity contribution < 1.29 is 18.0 Å². The fraction of sp³-hybridized carbons (Fsp3) is 0.438. The van der Waals surface area contributed by atoms with Crippen LogP contribution in [0.3, 0.4) is 0 Å². The summed E-state index contributed by atoms with van der Waals surface area (Å²) in [6.45, 7) is 4.13. The van der Waals surface area contributed by atoms with Gasteiger partial charge in [-0.2, -0.15) is 13.2 Å². The second-order valence-electron chi connectivity index (χ2n) is 5.85. The van der Waals surface area contributed by atoms with Crippen molar-refractivity contribution in [1.82, 2.24) is 20.3 Å². The van der Waals surface area contributed by atoms with Gasteiger partial charge >= 0.3 is 6.18 Å². The lowest BCUT2D eigenvalue weighted by Crippen LogP contribution is -2.49. The lowest BCUT2D eigenvalue weighted by Gasteiger charge is -2.26. The Hall–Kier alpha value is -2.42. The molecule has 0 radical (unpaired) electrons. The van der Waals surface area contributed by atoms with Crippen LogP contribution in [0.25, 0.3) is 5.69 Å². The summed E-state index contributed by atoms with van der Waals surface area (Å²) < 4.78 is 39.4. The van der Waals surface area contributed by atoms with Gasteiger partial charge in [0.25, 0.3) is 5.91 Å². The SMILES string of the molecule is CCC(N)(CC)CNC(=O)c1cn(-c2cccc(C(F)(F)F)c2)nn1. The smallest absolute Gasteiger partial charge is 0.349 e. The number of alkyl halides is 3. The van der Waals surface area contributed by atoms with E-state index in [0.717, 1.165) is 16.8 Å². The quantitative estimate of drug-likeness (QED) is 0.834. The molecule has 25 heavy (non-hydrogen) atoms. The third-order valence-corrected chi connectivity index (χ3v) is 4.17. The Morgan fingerprint density at radius 3 is 2.56 bits per heavy atom. The Labute approximate surface area is 143 Å². The van der Waals surface area contributed by atoms with Crippen LogP contribution in [-0.2, 0) is 6.18 Å². The molecule has 0 saturated heterocycles. The number of benzene rings is 1. The van der Waals surface area contributed by atoms with Gasteiger partial charge in [-0.15, -0.1) is 5.10 Å². The van der Waals surface area contributed by atoms with Crippen molar-refractivity contribution in [1.29, 1.82) is 0 Å². The van der Waals surface area contributed by atoms with Gasteiger partial charge < -0.3 is 11.1 Å². The number of nitrogens with one attached hydrogen (secondary N) is 1. The van der Waals surface area contributed by atoms with Crippen molar-refractivity contribution in [3.63, 3.8) is 0 Å². The maximum atomic E-state index is 12.8. The molecule has 9 heteroatoms. The average molecular weight is 355 g/mol. The number of carbonyl (C=O) groups is 1. The van der Waals surface area contributed by atoms with Crippen molar-refractivity contribution in [2.75, 3.05) is 6.54 Å². The van der Waals surface area contributed by atoms with Gasteiger partial charge in [0, 0.05) is 12.1 Å². The molecular formula is C16H20F3N5O. The van der Waals surface area contributed by atoms with E-state index in [4.69, 9.17) is 5.73 Å². The number of nitrogens with zero attached hydrogens (tertiary/aromatic N) is 3.